The van der Waals surface area contributed by atoms with Crippen molar-refractivity contribution in [2.75, 3.05) is 19.6 Å². The van der Waals surface area contributed by atoms with E-state index < -0.39 is 0 Å². The van der Waals surface area contributed by atoms with Gasteiger partial charge in [0.2, 0.25) is 11.8 Å². The molecule has 1 N–H and O–H groups in total. The molecule has 1 aromatic heterocycles. The lowest BCUT2D eigenvalue weighted by Crippen LogP contribution is -2.51. The molecule has 0 bridgehead atoms. The van der Waals surface area contributed by atoms with E-state index in [4.69, 9.17) is 0 Å². The molecule has 0 saturated carbocycles. The minimum Gasteiger partial charge on any atom is -0.353 e. The second-order valence-electron chi connectivity index (χ2n) is 5.67. The quantitative estimate of drug-likeness (QED) is 0.874. The van der Waals surface area contributed by atoms with Crippen LogP contribution in [0.4, 0.5) is 0 Å². The van der Waals surface area contributed by atoms with Crippen molar-refractivity contribution in [1.29, 1.82) is 0 Å². The van der Waals surface area contributed by atoms with Crippen molar-refractivity contribution in [3.05, 3.63) is 34.7 Å². The zero-order chi connectivity index (χ0) is 16.4. The van der Waals surface area contributed by atoms with E-state index in [1.54, 1.807) is 4.57 Å². The van der Waals surface area contributed by atoms with Gasteiger partial charge < -0.3 is 10.2 Å². The highest BCUT2D eigenvalue weighted by Crippen LogP contribution is 2.13. The van der Waals surface area contributed by atoms with Gasteiger partial charge in [0.05, 0.1) is 17.6 Å². The Labute approximate surface area is 133 Å². The van der Waals surface area contributed by atoms with Crippen LogP contribution < -0.4 is 11.0 Å². The lowest BCUT2D eigenvalue weighted by atomic mass is 10.3. The number of benzene rings is 1. The summed E-state index contributed by atoms with van der Waals surface area (Å²) in [6.45, 7) is 3.58. The van der Waals surface area contributed by atoms with Gasteiger partial charge in [0.25, 0.3) is 0 Å². The van der Waals surface area contributed by atoms with Crippen molar-refractivity contribution in [2.24, 2.45) is 0 Å². The number of nitrogens with one attached hydrogen (secondary N) is 1. The van der Waals surface area contributed by atoms with Gasteiger partial charge in [-0.15, -0.1) is 0 Å². The summed E-state index contributed by atoms with van der Waals surface area (Å²) in [5.74, 6) is -0.369. The van der Waals surface area contributed by atoms with E-state index in [2.05, 4.69) is 5.32 Å². The summed E-state index contributed by atoms with van der Waals surface area (Å²) in [5.41, 5.74) is 1.41. The second kappa shape index (κ2) is 6.28. The average molecular weight is 316 g/mol. The number of aromatic nitrogens is 2. The summed E-state index contributed by atoms with van der Waals surface area (Å²) in [6.07, 6.45) is 0.841. The zero-order valence-electron chi connectivity index (χ0n) is 13.1. The highest BCUT2D eigenvalue weighted by molar-refractivity contribution is 5.86. The van der Waals surface area contributed by atoms with Gasteiger partial charge in [-0.2, -0.15) is 0 Å². The number of carbonyl (C=O) groups is 2. The van der Waals surface area contributed by atoms with Crippen LogP contribution in [0.2, 0.25) is 0 Å². The van der Waals surface area contributed by atoms with Gasteiger partial charge in [-0.1, -0.05) is 19.1 Å². The molecule has 2 heterocycles. The Morgan fingerprint density at radius 2 is 1.87 bits per heavy atom. The molecule has 1 fully saturated rings. The number of aryl methyl sites for hydroxylation is 1. The van der Waals surface area contributed by atoms with Crippen LogP contribution >= 0.6 is 0 Å². The van der Waals surface area contributed by atoms with E-state index in [1.165, 1.54) is 9.47 Å². The van der Waals surface area contributed by atoms with Gasteiger partial charge in [0.1, 0.15) is 6.54 Å². The van der Waals surface area contributed by atoms with Crippen LogP contribution in [0.5, 0.6) is 0 Å². The van der Waals surface area contributed by atoms with Crippen LogP contribution in [0.15, 0.2) is 29.1 Å². The van der Waals surface area contributed by atoms with Crippen LogP contribution in [-0.2, 0) is 22.7 Å². The third-order valence-electron chi connectivity index (χ3n) is 4.06. The largest absolute Gasteiger partial charge is 0.353 e. The fraction of sp³-hybridized carbons (Fsp3) is 0.438. The Hall–Kier alpha value is -2.57. The predicted molar refractivity (Wildman–Crippen MR) is 86.1 cm³/mol. The molecule has 1 aromatic carbocycles. The number of imidazole rings is 1. The molecule has 0 atom stereocenters. The topological polar surface area (TPSA) is 76.3 Å². The van der Waals surface area contributed by atoms with Crippen LogP contribution in [0, 0.1) is 0 Å². The first-order valence-corrected chi connectivity index (χ1v) is 7.84. The van der Waals surface area contributed by atoms with Crippen molar-refractivity contribution in [3.8, 4) is 0 Å². The van der Waals surface area contributed by atoms with Crippen molar-refractivity contribution < 1.29 is 9.59 Å². The SMILES string of the molecule is CCCn1c(=O)n(CC(=O)N2CCNC(=O)C2)c2ccccc21. The summed E-state index contributed by atoms with van der Waals surface area (Å²) in [4.78, 5) is 38.0. The third-order valence-corrected chi connectivity index (χ3v) is 4.06. The van der Waals surface area contributed by atoms with E-state index in [-0.39, 0.29) is 30.6 Å². The van der Waals surface area contributed by atoms with Gasteiger partial charge in [-0.3, -0.25) is 18.7 Å². The van der Waals surface area contributed by atoms with E-state index in [0.717, 1.165) is 17.5 Å². The molecule has 1 aliphatic heterocycles. The summed E-state index contributed by atoms with van der Waals surface area (Å²) in [7, 11) is 0. The number of rotatable bonds is 4. The molecule has 7 heteroatoms. The van der Waals surface area contributed by atoms with Gasteiger partial charge >= 0.3 is 5.69 Å². The van der Waals surface area contributed by atoms with Crippen molar-refractivity contribution in [3.63, 3.8) is 0 Å². The molecule has 1 saturated heterocycles. The number of carbonyl (C=O) groups excluding carboxylic acids is 2. The Morgan fingerprint density at radius 3 is 2.52 bits per heavy atom. The minimum absolute atomic E-state index is 0.0384. The molecule has 7 nitrogen and oxygen atoms in total. The molecule has 122 valence electrons. The van der Waals surface area contributed by atoms with Gasteiger partial charge in [0.15, 0.2) is 0 Å². The molecule has 1 aliphatic rings. The Kier molecular flexibility index (Phi) is 4.18. The molecule has 23 heavy (non-hydrogen) atoms. The lowest BCUT2D eigenvalue weighted by Gasteiger charge is -2.26. The molecule has 0 unspecified atom stereocenters. The van der Waals surface area contributed by atoms with E-state index in [1.807, 2.05) is 31.2 Å². The van der Waals surface area contributed by atoms with E-state index in [0.29, 0.717) is 19.6 Å². The van der Waals surface area contributed by atoms with Crippen LogP contribution in [-0.4, -0.2) is 45.5 Å². The summed E-state index contributed by atoms with van der Waals surface area (Å²) in [5, 5.41) is 2.69. The smallest absolute Gasteiger partial charge is 0.329 e. The molecular formula is C16H20N4O3. The minimum atomic E-state index is -0.207. The average Bonchev–Trinajstić information content (AvgIpc) is 2.81. The molecule has 3 rings (SSSR count). The molecule has 2 amide bonds. The molecule has 0 spiro atoms. The fourth-order valence-corrected chi connectivity index (χ4v) is 2.95. The zero-order valence-corrected chi connectivity index (χ0v) is 13.1. The van der Waals surface area contributed by atoms with E-state index >= 15 is 0 Å². The number of amides is 2. The maximum atomic E-state index is 12.6. The molecule has 2 aromatic rings. The third kappa shape index (κ3) is 2.86. The summed E-state index contributed by atoms with van der Waals surface area (Å²) >= 11 is 0. The number of fused-ring (bicyclic) bond motifs is 1. The first-order chi connectivity index (χ1) is 11.1. The standard InChI is InChI=1S/C16H20N4O3/c1-2-8-19-12-5-3-4-6-13(12)20(16(19)23)11-15(22)18-9-7-17-14(21)10-18/h3-6H,2,7-11H2,1H3,(H,17,21). The molecule has 0 aliphatic carbocycles. The monoisotopic (exact) mass is 316 g/mol. The normalized spacial score (nSPS) is 15.0. The Morgan fingerprint density at radius 1 is 1.17 bits per heavy atom. The Bertz CT molecular complexity index is 805. The highest BCUT2D eigenvalue weighted by Gasteiger charge is 2.23. The van der Waals surface area contributed by atoms with Crippen molar-refractivity contribution >= 4 is 22.8 Å². The van der Waals surface area contributed by atoms with Crippen LogP contribution in [0.1, 0.15) is 13.3 Å². The Balaban J connectivity index is 1.93. The number of piperazine rings is 1. The summed E-state index contributed by atoms with van der Waals surface area (Å²) < 4.78 is 3.20. The van der Waals surface area contributed by atoms with Crippen LogP contribution in [0.3, 0.4) is 0 Å². The van der Waals surface area contributed by atoms with Crippen LogP contribution in [0.25, 0.3) is 11.0 Å². The second-order valence-corrected chi connectivity index (χ2v) is 5.67. The highest BCUT2D eigenvalue weighted by atomic mass is 16.2. The molecular weight excluding hydrogens is 296 g/mol. The molecule has 0 radical (unpaired) electrons. The van der Waals surface area contributed by atoms with E-state index in [9.17, 15) is 14.4 Å². The van der Waals surface area contributed by atoms with Crippen molar-refractivity contribution in [2.45, 2.75) is 26.4 Å². The van der Waals surface area contributed by atoms with Gasteiger partial charge in [-0.05, 0) is 18.6 Å². The maximum absolute atomic E-state index is 12.6. The van der Waals surface area contributed by atoms with Gasteiger partial charge in [0, 0.05) is 19.6 Å². The van der Waals surface area contributed by atoms with Gasteiger partial charge in [-0.25, -0.2) is 4.79 Å². The number of hydrogen-bond acceptors (Lipinski definition) is 3. The fourth-order valence-electron chi connectivity index (χ4n) is 2.95. The maximum Gasteiger partial charge on any atom is 0.329 e. The first kappa shape index (κ1) is 15.3. The van der Waals surface area contributed by atoms with Crippen molar-refractivity contribution in [1.82, 2.24) is 19.4 Å². The predicted octanol–water partition coefficient (Wildman–Crippen LogP) is 0.171. The first-order valence-electron chi connectivity index (χ1n) is 7.84. The number of nitrogens with zero attached hydrogens (tertiary/aromatic N) is 3. The number of para-hydroxylation sites is 2. The number of hydrogen-bond donors (Lipinski definition) is 1. The summed E-state index contributed by atoms with van der Waals surface area (Å²) in [6, 6.07) is 7.48. The lowest BCUT2D eigenvalue weighted by molar-refractivity contribution is -0.138.